The Hall–Kier alpha value is -2.34. The Morgan fingerprint density at radius 1 is 1.38 bits per heavy atom. The van der Waals surface area contributed by atoms with Gasteiger partial charge in [-0.25, -0.2) is 4.98 Å². The maximum absolute atomic E-state index is 13.3. The molecule has 0 bridgehead atoms. The van der Waals surface area contributed by atoms with Crippen LogP contribution in [0.4, 0.5) is 0 Å². The molecule has 1 atom stereocenters. The van der Waals surface area contributed by atoms with Crippen LogP contribution in [0.3, 0.4) is 0 Å². The van der Waals surface area contributed by atoms with E-state index >= 15 is 0 Å². The van der Waals surface area contributed by atoms with Gasteiger partial charge in [0.2, 0.25) is 0 Å². The van der Waals surface area contributed by atoms with Crippen LogP contribution in [0.1, 0.15) is 37.1 Å². The molecular formula is C20H21N3O2S. The maximum atomic E-state index is 13.3. The number of hydrogen-bond donors (Lipinski definition) is 0. The first-order chi connectivity index (χ1) is 12.5. The molecule has 134 valence electrons. The number of aromatic nitrogens is 3. The average molecular weight is 367 g/mol. The van der Waals surface area contributed by atoms with Crippen molar-refractivity contribution >= 4 is 27.3 Å². The van der Waals surface area contributed by atoms with Gasteiger partial charge in [0.25, 0.3) is 5.56 Å². The molecule has 0 radical (unpaired) electrons. The molecular weight excluding hydrogens is 346 g/mol. The van der Waals surface area contributed by atoms with Gasteiger partial charge in [0.05, 0.1) is 5.39 Å². The monoisotopic (exact) mass is 367 g/mol. The van der Waals surface area contributed by atoms with Gasteiger partial charge in [-0.1, -0.05) is 13.0 Å². The Labute approximate surface area is 155 Å². The SMILES string of the molecule is CC(=O)CCn1c(-c2ccccn2)nc2sc3c(c2c1=O)CCC(C)C3. The molecule has 3 heterocycles. The Kier molecular flexibility index (Phi) is 4.44. The summed E-state index contributed by atoms with van der Waals surface area (Å²) >= 11 is 1.64. The molecule has 0 N–H and O–H groups in total. The molecule has 0 saturated heterocycles. The van der Waals surface area contributed by atoms with Crippen LogP contribution in [0.5, 0.6) is 0 Å². The van der Waals surface area contributed by atoms with E-state index in [9.17, 15) is 9.59 Å². The lowest BCUT2D eigenvalue weighted by Gasteiger charge is -2.17. The fraction of sp³-hybridized carbons (Fsp3) is 0.400. The van der Waals surface area contributed by atoms with Crippen molar-refractivity contribution in [2.75, 3.05) is 0 Å². The number of thiophene rings is 1. The van der Waals surface area contributed by atoms with Gasteiger partial charge in [-0.05, 0) is 49.8 Å². The van der Waals surface area contributed by atoms with Gasteiger partial charge in [0, 0.05) is 24.0 Å². The summed E-state index contributed by atoms with van der Waals surface area (Å²) in [5, 5.41) is 0.750. The van der Waals surface area contributed by atoms with E-state index in [-0.39, 0.29) is 11.3 Å². The second kappa shape index (κ2) is 6.76. The smallest absolute Gasteiger partial charge is 0.262 e. The molecule has 3 aromatic rings. The van der Waals surface area contributed by atoms with E-state index in [2.05, 4.69) is 11.9 Å². The molecule has 0 saturated carbocycles. The highest BCUT2D eigenvalue weighted by atomic mass is 32.1. The lowest BCUT2D eigenvalue weighted by Crippen LogP contribution is -2.25. The van der Waals surface area contributed by atoms with Crippen molar-refractivity contribution in [1.29, 1.82) is 0 Å². The fourth-order valence-electron chi connectivity index (χ4n) is 3.59. The molecule has 1 aliphatic rings. The van der Waals surface area contributed by atoms with Crippen molar-refractivity contribution in [3.05, 3.63) is 45.2 Å². The summed E-state index contributed by atoms with van der Waals surface area (Å²) in [7, 11) is 0. The Morgan fingerprint density at radius 3 is 2.96 bits per heavy atom. The number of aryl methyl sites for hydroxylation is 1. The third kappa shape index (κ3) is 2.98. The normalized spacial score (nSPS) is 16.6. The number of nitrogens with zero attached hydrogens (tertiary/aromatic N) is 3. The number of carbonyl (C=O) groups excluding carboxylic acids is 1. The van der Waals surface area contributed by atoms with E-state index in [1.807, 2.05) is 18.2 Å². The first-order valence-electron chi connectivity index (χ1n) is 9.00. The highest BCUT2D eigenvalue weighted by molar-refractivity contribution is 7.18. The van der Waals surface area contributed by atoms with Gasteiger partial charge in [-0.2, -0.15) is 0 Å². The number of rotatable bonds is 4. The first kappa shape index (κ1) is 17.1. The standard InChI is InChI=1S/C20H21N3O2S/c1-12-6-7-14-16(11-12)26-19-17(14)20(25)23(10-8-13(2)24)18(22-19)15-5-3-4-9-21-15/h3-5,9,12H,6-8,10-11H2,1-2H3. The van der Waals surface area contributed by atoms with Crippen molar-refractivity contribution in [3.63, 3.8) is 0 Å². The van der Waals surface area contributed by atoms with Gasteiger partial charge in [0.15, 0.2) is 5.82 Å². The van der Waals surface area contributed by atoms with E-state index in [0.29, 0.717) is 30.4 Å². The van der Waals surface area contributed by atoms with Crippen LogP contribution in [0, 0.1) is 5.92 Å². The number of Topliss-reactive ketones (excluding diaryl/α,β-unsaturated/α-hetero) is 1. The lowest BCUT2D eigenvalue weighted by molar-refractivity contribution is -0.117. The largest absolute Gasteiger partial charge is 0.300 e. The number of pyridine rings is 1. The van der Waals surface area contributed by atoms with Gasteiger partial charge in [-0.3, -0.25) is 19.1 Å². The van der Waals surface area contributed by atoms with Crippen LogP contribution < -0.4 is 5.56 Å². The quantitative estimate of drug-likeness (QED) is 0.706. The minimum absolute atomic E-state index is 0.0380. The molecule has 0 aromatic carbocycles. The summed E-state index contributed by atoms with van der Waals surface area (Å²) in [6.07, 6.45) is 5.07. The van der Waals surface area contributed by atoms with Gasteiger partial charge < -0.3 is 0 Å². The molecule has 0 fully saturated rings. The molecule has 0 aliphatic heterocycles. The van der Waals surface area contributed by atoms with Crippen molar-refractivity contribution in [2.24, 2.45) is 5.92 Å². The summed E-state index contributed by atoms with van der Waals surface area (Å²) in [6, 6.07) is 5.58. The van der Waals surface area contributed by atoms with E-state index < -0.39 is 0 Å². The minimum atomic E-state index is -0.0380. The first-order valence-corrected chi connectivity index (χ1v) is 9.82. The number of fused-ring (bicyclic) bond motifs is 3. The van der Waals surface area contributed by atoms with Crippen LogP contribution in [0.2, 0.25) is 0 Å². The van der Waals surface area contributed by atoms with Gasteiger partial charge >= 0.3 is 0 Å². The fourth-order valence-corrected chi connectivity index (χ4v) is 4.96. The highest BCUT2D eigenvalue weighted by Crippen LogP contribution is 2.36. The van der Waals surface area contributed by atoms with Crippen LogP contribution in [0.15, 0.2) is 29.2 Å². The summed E-state index contributed by atoms with van der Waals surface area (Å²) < 4.78 is 1.64. The second-order valence-corrected chi connectivity index (χ2v) is 8.17. The zero-order chi connectivity index (χ0) is 18.3. The van der Waals surface area contributed by atoms with Crippen molar-refractivity contribution in [3.8, 4) is 11.5 Å². The third-order valence-electron chi connectivity index (χ3n) is 5.00. The molecule has 5 nitrogen and oxygen atoms in total. The predicted octanol–water partition coefficient (Wildman–Crippen LogP) is 3.62. The van der Waals surface area contributed by atoms with Crippen molar-refractivity contribution < 1.29 is 4.79 Å². The lowest BCUT2D eigenvalue weighted by atomic mass is 9.89. The minimum Gasteiger partial charge on any atom is -0.300 e. The van der Waals surface area contributed by atoms with E-state index in [0.717, 1.165) is 29.5 Å². The molecule has 1 unspecified atom stereocenters. The zero-order valence-corrected chi connectivity index (χ0v) is 15.8. The second-order valence-electron chi connectivity index (χ2n) is 7.09. The molecule has 0 spiro atoms. The molecule has 0 amide bonds. The Balaban J connectivity index is 1.96. The molecule has 4 rings (SSSR count). The molecule has 1 aliphatic carbocycles. The maximum Gasteiger partial charge on any atom is 0.262 e. The average Bonchev–Trinajstić information content (AvgIpc) is 2.98. The number of carbonyl (C=O) groups is 1. The Morgan fingerprint density at radius 2 is 2.23 bits per heavy atom. The van der Waals surface area contributed by atoms with Crippen LogP contribution in [0.25, 0.3) is 21.7 Å². The van der Waals surface area contributed by atoms with E-state index in [1.54, 1.807) is 29.0 Å². The number of ketones is 1. The Bertz CT molecular complexity index is 1040. The number of hydrogen-bond acceptors (Lipinski definition) is 5. The van der Waals surface area contributed by atoms with Gasteiger partial charge in [-0.15, -0.1) is 11.3 Å². The van der Waals surface area contributed by atoms with Crippen LogP contribution in [-0.4, -0.2) is 20.3 Å². The van der Waals surface area contributed by atoms with E-state index in [4.69, 9.17) is 4.98 Å². The zero-order valence-electron chi connectivity index (χ0n) is 15.0. The topological polar surface area (TPSA) is 64.8 Å². The summed E-state index contributed by atoms with van der Waals surface area (Å²) in [4.78, 5) is 36.1. The van der Waals surface area contributed by atoms with Crippen molar-refractivity contribution in [2.45, 2.75) is 46.1 Å². The van der Waals surface area contributed by atoms with Crippen LogP contribution >= 0.6 is 11.3 Å². The predicted molar refractivity (Wildman–Crippen MR) is 104 cm³/mol. The highest BCUT2D eigenvalue weighted by Gasteiger charge is 2.25. The molecule has 26 heavy (non-hydrogen) atoms. The van der Waals surface area contributed by atoms with Crippen LogP contribution in [-0.2, 0) is 24.2 Å². The summed E-state index contributed by atoms with van der Waals surface area (Å²) in [5.41, 5.74) is 1.79. The molecule has 6 heteroatoms. The van der Waals surface area contributed by atoms with Crippen molar-refractivity contribution in [1.82, 2.24) is 14.5 Å². The van der Waals surface area contributed by atoms with Gasteiger partial charge in [0.1, 0.15) is 16.3 Å². The molecule has 3 aromatic heterocycles. The third-order valence-corrected chi connectivity index (χ3v) is 6.14. The summed E-state index contributed by atoms with van der Waals surface area (Å²) in [5.74, 6) is 1.26. The van der Waals surface area contributed by atoms with E-state index in [1.165, 1.54) is 10.4 Å². The summed E-state index contributed by atoms with van der Waals surface area (Å²) in [6.45, 7) is 4.14.